The van der Waals surface area contributed by atoms with E-state index in [2.05, 4.69) is 5.32 Å². The number of nitrogens with one attached hydrogen (secondary N) is 1. The van der Waals surface area contributed by atoms with Gasteiger partial charge in [0.25, 0.3) is 0 Å². The lowest BCUT2D eigenvalue weighted by atomic mass is 10.2. The molecule has 0 aliphatic rings. The number of benzene rings is 1. The molecular weight excluding hydrogens is 288 g/mol. The number of nitrogens with zero attached hydrogens (tertiary/aromatic N) is 1. The van der Waals surface area contributed by atoms with Crippen LogP contribution in [-0.4, -0.2) is 44.6 Å². The molecule has 0 aliphatic carbocycles. The monoisotopic (exact) mass is 314 g/mol. The molecule has 5 heteroatoms. The highest BCUT2D eigenvalue weighted by atomic mass is 35.5. The van der Waals surface area contributed by atoms with Crippen LogP contribution in [0.2, 0.25) is 0 Å². The van der Waals surface area contributed by atoms with Crippen LogP contribution in [0.3, 0.4) is 0 Å². The number of carbonyl (C=O) groups is 1. The fraction of sp³-hybridized carbons (Fsp3) is 0.562. The van der Waals surface area contributed by atoms with Gasteiger partial charge in [-0.25, -0.2) is 0 Å². The molecule has 1 N–H and O–H groups in total. The van der Waals surface area contributed by atoms with Crippen LogP contribution in [0.5, 0.6) is 5.75 Å². The van der Waals surface area contributed by atoms with Crippen molar-refractivity contribution in [2.24, 2.45) is 0 Å². The summed E-state index contributed by atoms with van der Waals surface area (Å²) in [5, 5.41) is 3.05. The summed E-state index contributed by atoms with van der Waals surface area (Å²) in [6.07, 6.45) is 2.35. The number of aryl methyl sites for hydroxylation is 1. The fourth-order valence-corrected chi connectivity index (χ4v) is 1.93. The van der Waals surface area contributed by atoms with Gasteiger partial charge < -0.3 is 15.0 Å². The number of amides is 1. The lowest BCUT2D eigenvalue weighted by Gasteiger charge is -2.17. The molecule has 1 rings (SSSR count). The Hall–Kier alpha value is -1.26. The van der Waals surface area contributed by atoms with E-state index in [0.717, 1.165) is 37.2 Å². The Bertz CT molecular complexity index is 413. The summed E-state index contributed by atoms with van der Waals surface area (Å²) in [5.41, 5.74) is 1.14. The van der Waals surface area contributed by atoms with Crippen molar-refractivity contribution in [2.45, 2.75) is 26.2 Å². The number of rotatable bonds is 9. The standard InChI is InChI=1S/C16H26N2O2.ClH/c1-14-8-4-5-9-15(14)20-13-7-12-18(3)16(19)10-6-11-17-2;/h4-5,8-9,17H,6-7,10-13H2,1-3H3;1H. The molecular formula is C16H27ClN2O2. The van der Waals surface area contributed by atoms with Crippen LogP contribution in [0.1, 0.15) is 24.8 Å². The summed E-state index contributed by atoms with van der Waals surface area (Å²) in [6.45, 7) is 4.30. The van der Waals surface area contributed by atoms with Gasteiger partial charge >= 0.3 is 0 Å². The lowest BCUT2D eigenvalue weighted by Crippen LogP contribution is -2.29. The third-order valence-electron chi connectivity index (χ3n) is 3.23. The predicted molar refractivity (Wildman–Crippen MR) is 89.3 cm³/mol. The highest BCUT2D eigenvalue weighted by Crippen LogP contribution is 2.16. The minimum Gasteiger partial charge on any atom is -0.493 e. The van der Waals surface area contributed by atoms with E-state index >= 15 is 0 Å². The van der Waals surface area contributed by atoms with Crippen LogP contribution < -0.4 is 10.1 Å². The molecule has 0 saturated heterocycles. The Morgan fingerprint density at radius 3 is 2.67 bits per heavy atom. The van der Waals surface area contributed by atoms with Crippen LogP contribution in [0.25, 0.3) is 0 Å². The maximum Gasteiger partial charge on any atom is 0.222 e. The first-order valence-corrected chi connectivity index (χ1v) is 7.22. The number of hydrogen-bond donors (Lipinski definition) is 1. The van der Waals surface area contributed by atoms with Crippen molar-refractivity contribution in [1.82, 2.24) is 10.2 Å². The van der Waals surface area contributed by atoms with Gasteiger partial charge in [-0.3, -0.25) is 4.79 Å². The Morgan fingerprint density at radius 2 is 2.00 bits per heavy atom. The zero-order valence-electron chi connectivity index (χ0n) is 13.2. The number of para-hydroxylation sites is 1. The second-order valence-corrected chi connectivity index (χ2v) is 4.99. The molecule has 1 aromatic rings. The molecule has 0 unspecified atom stereocenters. The number of carbonyl (C=O) groups excluding carboxylic acids is 1. The smallest absolute Gasteiger partial charge is 0.222 e. The van der Waals surface area contributed by atoms with Crippen molar-refractivity contribution >= 4 is 18.3 Å². The first kappa shape index (κ1) is 19.7. The molecule has 0 fully saturated rings. The van der Waals surface area contributed by atoms with E-state index in [4.69, 9.17) is 4.74 Å². The summed E-state index contributed by atoms with van der Waals surface area (Å²) < 4.78 is 5.72. The summed E-state index contributed by atoms with van der Waals surface area (Å²) in [4.78, 5) is 13.6. The van der Waals surface area contributed by atoms with E-state index < -0.39 is 0 Å². The Labute approximate surface area is 134 Å². The minimum absolute atomic E-state index is 0. The quantitative estimate of drug-likeness (QED) is 0.712. The van der Waals surface area contributed by atoms with Gasteiger partial charge in [0.05, 0.1) is 6.61 Å². The van der Waals surface area contributed by atoms with Gasteiger partial charge in [0.1, 0.15) is 5.75 Å². The molecule has 120 valence electrons. The van der Waals surface area contributed by atoms with Crippen molar-refractivity contribution in [3.8, 4) is 5.75 Å². The summed E-state index contributed by atoms with van der Waals surface area (Å²) in [6, 6.07) is 7.98. The molecule has 0 spiro atoms. The normalized spacial score (nSPS) is 9.86. The van der Waals surface area contributed by atoms with E-state index in [1.54, 1.807) is 4.90 Å². The Morgan fingerprint density at radius 1 is 1.29 bits per heavy atom. The number of ether oxygens (including phenoxy) is 1. The molecule has 0 atom stereocenters. The molecule has 0 heterocycles. The van der Waals surface area contributed by atoms with Gasteiger partial charge in [0, 0.05) is 20.0 Å². The van der Waals surface area contributed by atoms with E-state index in [1.165, 1.54) is 0 Å². The molecule has 0 aromatic heterocycles. The fourth-order valence-electron chi connectivity index (χ4n) is 1.93. The van der Waals surface area contributed by atoms with Gasteiger partial charge in [-0.2, -0.15) is 0 Å². The zero-order chi connectivity index (χ0) is 14.8. The van der Waals surface area contributed by atoms with E-state index in [9.17, 15) is 4.79 Å². The Kier molecular flexibility index (Phi) is 10.7. The maximum absolute atomic E-state index is 11.8. The average Bonchev–Trinajstić information content (AvgIpc) is 2.45. The highest BCUT2D eigenvalue weighted by molar-refractivity contribution is 5.85. The number of halogens is 1. The van der Waals surface area contributed by atoms with Crippen LogP contribution in [0.4, 0.5) is 0 Å². The minimum atomic E-state index is 0. The van der Waals surface area contributed by atoms with Crippen LogP contribution >= 0.6 is 12.4 Å². The van der Waals surface area contributed by atoms with E-state index in [1.807, 2.05) is 45.3 Å². The first-order chi connectivity index (χ1) is 9.65. The first-order valence-electron chi connectivity index (χ1n) is 7.22. The van der Waals surface area contributed by atoms with Crippen LogP contribution in [0, 0.1) is 6.92 Å². The second-order valence-electron chi connectivity index (χ2n) is 4.99. The summed E-state index contributed by atoms with van der Waals surface area (Å²) in [7, 11) is 3.76. The third-order valence-corrected chi connectivity index (χ3v) is 3.23. The van der Waals surface area contributed by atoms with Crippen molar-refractivity contribution in [3.63, 3.8) is 0 Å². The van der Waals surface area contributed by atoms with Gasteiger partial charge in [0.15, 0.2) is 0 Å². The highest BCUT2D eigenvalue weighted by Gasteiger charge is 2.07. The van der Waals surface area contributed by atoms with Crippen molar-refractivity contribution in [1.29, 1.82) is 0 Å². The topological polar surface area (TPSA) is 41.6 Å². The van der Waals surface area contributed by atoms with Crippen molar-refractivity contribution in [2.75, 3.05) is 33.8 Å². The third kappa shape index (κ3) is 7.93. The average molecular weight is 315 g/mol. The molecule has 0 aliphatic heterocycles. The molecule has 21 heavy (non-hydrogen) atoms. The number of hydrogen-bond acceptors (Lipinski definition) is 3. The largest absolute Gasteiger partial charge is 0.493 e. The maximum atomic E-state index is 11.8. The van der Waals surface area contributed by atoms with Gasteiger partial charge in [0.2, 0.25) is 5.91 Å². The molecule has 0 bridgehead atoms. The van der Waals surface area contributed by atoms with Crippen molar-refractivity contribution < 1.29 is 9.53 Å². The molecule has 4 nitrogen and oxygen atoms in total. The predicted octanol–water partition coefficient (Wildman–Crippen LogP) is 2.64. The summed E-state index contributed by atoms with van der Waals surface area (Å²) >= 11 is 0. The molecule has 1 aromatic carbocycles. The van der Waals surface area contributed by atoms with Crippen LogP contribution in [0.15, 0.2) is 24.3 Å². The van der Waals surface area contributed by atoms with E-state index in [0.29, 0.717) is 13.0 Å². The Balaban J connectivity index is 0.00000400. The molecule has 0 saturated carbocycles. The second kappa shape index (κ2) is 11.4. The SMILES string of the molecule is CNCCCC(=O)N(C)CCCOc1ccccc1C.Cl. The van der Waals surface area contributed by atoms with Crippen LogP contribution in [-0.2, 0) is 4.79 Å². The summed E-state index contributed by atoms with van der Waals surface area (Å²) in [5.74, 6) is 1.13. The van der Waals surface area contributed by atoms with Gasteiger partial charge in [-0.1, -0.05) is 18.2 Å². The lowest BCUT2D eigenvalue weighted by molar-refractivity contribution is -0.130. The molecule has 1 amide bonds. The molecule has 0 radical (unpaired) electrons. The van der Waals surface area contributed by atoms with Gasteiger partial charge in [-0.15, -0.1) is 12.4 Å². The van der Waals surface area contributed by atoms with E-state index in [-0.39, 0.29) is 18.3 Å². The van der Waals surface area contributed by atoms with Crippen molar-refractivity contribution in [3.05, 3.63) is 29.8 Å². The zero-order valence-corrected chi connectivity index (χ0v) is 14.0. The van der Waals surface area contributed by atoms with Gasteiger partial charge in [-0.05, 0) is 45.0 Å².